The standard InChI is InChI=1S/C21H21FN2O7/c22-16-4-2-1-3-15(16)20(29)31-14-7-5-13(6-8-14)11-12-23-21(30)24-17(19(27)28)9-10-18(25)26/h1-8,17H,9-12H2,(H,25,26)(H,27,28)(H2,23,24,30)/t17-/m0/s1. The molecule has 1 atom stereocenters. The highest BCUT2D eigenvalue weighted by Gasteiger charge is 2.20. The average molecular weight is 432 g/mol. The Morgan fingerprint density at radius 2 is 1.68 bits per heavy atom. The molecule has 9 nitrogen and oxygen atoms in total. The van der Waals surface area contributed by atoms with Crippen molar-refractivity contribution in [2.24, 2.45) is 0 Å². The monoisotopic (exact) mass is 432 g/mol. The molecule has 0 unspecified atom stereocenters. The molecule has 10 heteroatoms. The summed E-state index contributed by atoms with van der Waals surface area (Å²) in [7, 11) is 0. The summed E-state index contributed by atoms with van der Waals surface area (Å²) in [5.74, 6) is -3.75. The smallest absolute Gasteiger partial charge is 0.346 e. The number of esters is 1. The molecule has 0 saturated heterocycles. The first-order valence-corrected chi connectivity index (χ1v) is 9.31. The number of rotatable bonds is 10. The summed E-state index contributed by atoms with van der Waals surface area (Å²) in [5, 5.41) is 22.3. The number of carbonyl (C=O) groups excluding carboxylic acids is 2. The molecule has 2 aromatic rings. The van der Waals surface area contributed by atoms with Crippen LogP contribution >= 0.6 is 0 Å². The third kappa shape index (κ3) is 7.77. The minimum Gasteiger partial charge on any atom is -0.481 e. The van der Waals surface area contributed by atoms with Crippen molar-refractivity contribution in [3.63, 3.8) is 0 Å². The second-order valence-electron chi connectivity index (χ2n) is 6.49. The van der Waals surface area contributed by atoms with Crippen LogP contribution in [-0.2, 0) is 16.0 Å². The van der Waals surface area contributed by atoms with E-state index in [1.54, 1.807) is 12.1 Å². The number of amides is 2. The van der Waals surface area contributed by atoms with Crippen LogP contribution in [0.4, 0.5) is 9.18 Å². The Labute approximate surface area is 176 Å². The second-order valence-corrected chi connectivity index (χ2v) is 6.49. The number of hydrogen-bond donors (Lipinski definition) is 4. The highest BCUT2D eigenvalue weighted by molar-refractivity contribution is 5.91. The first-order chi connectivity index (χ1) is 14.8. The molecule has 2 amide bonds. The molecule has 0 saturated carbocycles. The van der Waals surface area contributed by atoms with E-state index in [2.05, 4.69) is 10.6 Å². The van der Waals surface area contributed by atoms with Crippen LogP contribution < -0.4 is 15.4 Å². The maximum Gasteiger partial charge on any atom is 0.346 e. The van der Waals surface area contributed by atoms with Crippen LogP contribution in [0.15, 0.2) is 48.5 Å². The predicted molar refractivity (Wildman–Crippen MR) is 106 cm³/mol. The third-order valence-corrected chi connectivity index (χ3v) is 4.18. The molecule has 2 aromatic carbocycles. The summed E-state index contributed by atoms with van der Waals surface area (Å²) in [4.78, 5) is 45.4. The lowest BCUT2D eigenvalue weighted by molar-refractivity contribution is -0.140. The van der Waals surface area contributed by atoms with E-state index < -0.39 is 35.8 Å². The molecule has 31 heavy (non-hydrogen) atoms. The van der Waals surface area contributed by atoms with Crippen molar-refractivity contribution in [1.29, 1.82) is 0 Å². The first-order valence-electron chi connectivity index (χ1n) is 9.31. The maximum absolute atomic E-state index is 13.6. The number of urea groups is 1. The van der Waals surface area contributed by atoms with Gasteiger partial charge in [0.1, 0.15) is 17.6 Å². The minimum absolute atomic E-state index is 0.176. The van der Waals surface area contributed by atoms with Gasteiger partial charge in [-0.2, -0.15) is 0 Å². The fourth-order valence-corrected chi connectivity index (χ4v) is 2.57. The van der Waals surface area contributed by atoms with Gasteiger partial charge in [0.2, 0.25) is 0 Å². The van der Waals surface area contributed by atoms with Gasteiger partial charge in [0.05, 0.1) is 5.56 Å². The van der Waals surface area contributed by atoms with Crippen LogP contribution in [0, 0.1) is 5.82 Å². The van der Waals surface area contributed by atoms with Crippen LogP contribution in [0.1, 0.15) is 28.8 Å². The quantitative estimate of drug-likeness (QED) is 0.333. The van der Waals surface area contributed by atoms with Gasteiger partial charge in [-0.05, 0) is 42.7 Å². The van der Waals surface area contributed by atoms with Gasteiger partial charge in [-0.15, -0.1) is 0 Å². The Hall–Kier alpha value is -3.95. The zero-order chi connectivity index (χ0) is 22.8. The summed E-state index contributed by atoms with van der Waals surface area (Å²) >= 11 is 0. The topological polar surface area (TPSA) is 142 Å². The minimum atomic E-state index is -1.32. The Morgan fingerprint density at radius 1 is 1.00 bits per heavy atom. The van der Waals surface area contributed by atoms with Gasteiger partial charge in [0.15, 0.2) is 0 Å². The van der Waals surface area contributed by atoms with Gasteiger partial charge in [-0.1, -0.05) is 24.3 Å². The average Bonchev–Trinajstić information content (AvgIpc) is 2.72. The van der Waals surface area contributed by atoms with E-state index in [1.165, 1.54) is 30.3 Å². The maximum atomic E-state index is 13.6. The molecule has 0 aliphatic rings. The molecule has 0 aromatic heterocycles. The summed E-state index contributed by atoms with van der Waals surface area (Å²) in [6.45, 7) is 0.186. The van der Waals surface area contributed by atoms with E-state index in [1.807, 2.05) is 0 Å². The van der Waals surface area contributed by atoms with E-state index in [4.69, 9.17) is 14.9 Å². The van der Waals surface area contributed by atoms with Crippen molar-refractivity contribution in [3.8, 4) is 5.75 Å². The molecular formula is C21H21FN2O7. The zero-order valence-electron chi connectivity index (χ0n) is 16.3. The van der Waals surface area contributed by atoms with Gasteiger partial charge in [-0.3, -0.25) is 4.79 Å². The van der Waals surface area contributed by atoms with Crippen molar-refractivity contribution < 1.29 is 38.5 Å². The SMILES string of the molecule is O=C(O)CC[C@H](NC(=O)NCCc1ccc(OC(=O)c2ccccc2F)cc1)C(=O)O. The fourth-order valence-electron chi connectivity index (χ4n) is 2.57. The number of carbonyl (C=O) groups is 4. The summed E-state index contributed by atoms with van der Waals surface area (Å²) in [6, 6.07) is 9.82. The van der Waals surface area contributed by atoms with Crippen molar-refractivity contribution in [2.75, 3.05) is 6.54 Å². The van der Waals surface area contributed by atoms with Gasteiger partial charge >= 0.3 is 23.9 Å². The number of halogens is 1. The third-order valence-electron chi connectivity index (χ3n) is 4.18. The van der Waals surface area contributed by atoms with Gasteiger partial charge in [-0.25, -0.2) is 18.8 Å². The largest absolute Gasteiger partial charge is 0.481 e. The van der Waals surface area contributed by atoms with Crippen LogP contribution in [0.5, 0.6) is 5.75 Å². The zero-order valence-corrected chi connectivity index (χ0v) is 16.3. The number of aliphatic carboxylic acids is 2. The summed E-state index contributed by atoms with van der Waals surface area (Å²) in [6.07, 6.45) is -0.210. The molecule has 0 fully saturated rings. The fraction of sp³-hybridized carbons (Fsp3) is 0.238. The van der Waals surface area contributed by atoms with E-state index in [0.717, 1.165) is 11.6 Å². The van der Waals surface area contributed by atoms with Crippen LogP contribution in [0.3, 0.4) is 0 Å². The molecule has 0 bridgehead atoms. The molecule has 164 valence electrons. The normalized spacial score (nSPS) is 11.3. The number of benzene rings is 2. The highest BCUT2D eigenvalue weighted by Crippen LogP contribution is 2.16. The molecule has 2 rings (SSSR count). The molecule has 0 aliphatic carbocycles. The first kappa shape index (κ1) is 23.3. The van der Waals surface area contributed by atoms with Gasteiger partial charge in [0.25, 0.3) is 0 Å². The lowest BCUT2D eigenvalue weighted by atomic mass is 10.1. The number of carboxylic acid groups (broad SMARTS) is 2. The van der Waals surface area contributed by atoms with E-state index in [9.17, 15) is 23.6 Å². The Kier molecular flexibility index (Phi) is 8.50. The molecule has 0 spiro atoms. The molecule has 0 heterocycles. The van der Waals surface area contributed by atoms with Crippen molar-refractivity contribution in [3.05, 3.63) is 65.5 Å². The van der Waals surface area contributed by atoms with Crippen molar-refractivity contribution in [1.82, 2.24) is 10.6 Å². The Morgan fingerprint density at radius 3 is 2.29 bits per heavy atom. The molecular weight excluding hydrogens is 411 g/mol. The van der Waals surface area contributed by atoms with Crippen molar-refractivity contribution >= 4 is 23.9 Å². The van der Waals surface area contributed by atoms with E-state index in [-0.39, 0.29) is 30.7 Å². The summed E-state index contributed by atoms with van der Waals surface area (Å²) in [5.41, 5.74) is 0.622. The van der Waals surface area contributed by atoms with Gasteiger partial charge in [0, 0.05) is 13.0 Å². The number of hydrogen-bond acceptors (Lipinski definition) is 5. The number of carboxylic acids is 2. The van der Waals surface area contributed by atoms with Crippen LogP contribution in [0.25, 0.3) is 0 Å². The lowest BCUT2D eigenvalue weighted by Crippen LogP contribution is -2.46. The number of nitrogens with one attached hydrogen (secondary N) is 2. The Bertz CT molecular complexity index is 947. The van der Waals surface area contributed by atoms with E-state index >= 15 is 0 Å². The highest BCUT2D eigenvalue weighted by atomic mass is 19.1. The second kappa shape index (κ2) is 11.3. The van der Waals surface area contributed by atoms with Crippen LogP contribution in [-0.4, -0.2) is 46.7 Å². The number of ether oxygens (including phenoxy) is 1. The lowest BCUT2D eigenvalue weighted by Gasteiger charge is -2.14. The molecule has 0 aliphatic heterocycles. The predicted octanol–water partition coefficient (Wildman–Crippen LogP) is 2.20. The molecule has 0 radical (unpaired) electrons. The molecule has 4 N–H and O–H groups in total. The summed E-state index contributed by atoms with van der Waals surface area (Å²) < 4.78 is 18.7. The van der Waals surface area contributed by atoms with E-state index in [0.29, 0.717) is 6.42 Å². The van der Waals surface area contributed by atoms with Gasteiger partial charge < -0.3 is 25.6 Å². The van der Waals surface area contributed by atoms with Crippen molar-refractivity contribution in [2.45, 2.75) is 25.3 Å². The Balaban J connectivity index is 1.79. The van der Waals surface area contributed by atoms with Crippen LogP contribution in [0.2, 0.25) is 0 Å².